The van der Waals surface area contributed by atoms with Gasteiger partial charge in [-0.3, -0.25) is 4.79 Å². The Morgan fingerprint density at radius 1 is 0.968 bits per heavy atom. The van der Waals surface area contributed by atoms with Gasteiger partial charge in [0, 0.05) is 11.1 Å². The third kappa shape index (κ3) is 3.29. The molecule has 5 heteroatoms. The lowest BCUT2D eigenvalue weighted by atomic mass is 9.72. The molecule has 156 valence electrons. The van der Waals surface area contributed by atoms with Crippen LogP contribution in [0.15, 0.2) is 80.4 Å². The van der Waals surface area contributed by atoms with Crippen molar-refractivity contribution in [1.82, 2.24) is 0 Å². The van der Waals surface area contributed by atoms with Crippen molar-refractivity contribution in [1.29, 1.82) is 0 Å². The van der Waals surface area contributed by atoms with Crippen LogP contribution in [-0.2, 0) is 5.54 Å². The van der Waals surface area contributed by atoms with E-state index >= 15 is 0 Å². The molecule has 31 heavy (non-hydrogen) atoms. The SMILES string of the molecule is COc1ccc2c(=O)c(-c3ccc(C4(N)CCC4)cc3)c(-c3ccccc3)oc2c1Br. The molecule has 1 aliphatic rings. The van der Waals surface area contributed by atoms with Crippen LogP contribution in [0.1, 0.15) is 24.8 Å². The molecule has 0 saturated heterocycles. The summed E-state index contributed by atoms with van der Waals surface area (Å²) in [5, 5.41) is 0.501. The van der Waals surface area contributed by atoms with E-state index in [1.165, 1.54) is 0 Å². The Balaban J connectivity index is 1.77. The number of hydrogen-bond acceptors (Lipinski definition) is 4. The zero-order valence-electron chi connectivity index (χ0n) is 17.2. The van der Waals surface area contributed by atoms with Crippen molar-refractivity contribution in [3.05, 3.63) is 87.0 Å². The first-order chi connectivity index (χ1) is 15.0. The van der Waals surface area contributed by atoms with Crippen molar-refractivity contribution >= 4 is 26.9 Å². The lowest BCUT2D eigenvalue weighted by molar-refractivity contribution is 0.253. The van der Waals surface area contributed by atoms with Gasteiger partial charge in [0.05, 0.1) is 18.1 Å². The maximum Gasteiger partial charge on any atom is 0.201 e. The molecule has 0 aliphatic heterocycles. The molecule has 0 amide bonds. The summed E-state index contributed by atoms with van der Waals surface area (Å²) in [4.78, 5) is 13.7. The molecule has 4 nitrogen and oxygen atoms in total. The molecule has 1 fully saturated rings. The van der Waals surface area contributed by atoms with Gasteiger partial charge in [0.15, 0.2) is 5.58 Å². The van der Waals surface area contributed by atoms with Gasteiger partial charge in [0.25, 0.3) is 0 Å². The average Bonchev–Trinajstić information content (AvgIpc) is 2.79. The number of rotatable bonds is 4. The fourth-order valence-corrected chi connectivity index (χ4v) is 4.82. The van der Waals surface area contributed by atoms with Gasteiger partial charge in [-0.25, -0.2) is 0 Å². The number of halogens is 1. The Labute approximate surface area is 188 Å². The maximum absolute atomic E-state index is 13.7. The lowest BCUT2D eigenvalue weighted by Crippen LogP contribution is -2.43. The largest absolute Gasteiger partial charge is 0.495 e. The number of methoxy groups -OCH3 is 1. The van der Waals surface area contributed by atoms with E-state index in [2.05, 4.69) is 15.9 Å². The Morgan fingerprint density at radius 3 is 2.29 bits per heavy atom. The predicted molar refractivity (Wildman–Crippen MR) is 127 cm³/mol. The van der Waals surface area contributed by atoms with Crippen LogP contribution in [-0.4, -0.2) is 7.11 Å². The van der Waals surface area contributed by atoms with E-state index < -0.39 is 0 Å². The van der Waals surface area contributed by atoms with E-state index in [-0.39, 0.29) is 11.0 Å². The molecule has 1 saturated carbocycles. The van der Waals surface area contributed by atoms with Gasteiger partial charge < -0.3 is 14.9 Å². The molecule has 4 aromatic rings. The Hall–Kier alpha value is -2.89. The second-order valence-electron chi connectivity index (χ2n) is 8.05. The van der Waals surface area contributed by atoms with Crippen LogP contribution in [0.2, 0.25) is 0 Å². The van der Waals surface area contributed by atoms with Gasteiger partial charge in [-0.2, -0.15) is 0 Å². The molecule has 0 spiro atoms. The van der Waals surface area contributed by atoms with Gasteiger partial charge in [-0.15, -0.1) is 0 Å². The summed E-state index contributed by atoms with van der Waals surface area (Å²) in [7, 11) is 1.59. The van der Waals surface area contributed by atoms with Crippen LogP contribution in [0.4, 0.5) is 0 Å². The standard InChI is InChI=1S/C26H22BrNO3/c1-30-20-13-12-19-23(29)21(16-8-10-18(11-9-16)26(28)14-5-15-26)24(31-25(19)22(20)27)17-6-3-2-4-7-17/h2-4,6-13H,5,14-15,28H2,1H3. The Kier molecular flexibility index (Phi) is 4.95. The second-order valence-corrected chi connectivity index (χ2v) is 8.84. The molecule has 0 atom stereocenters. The maximum atomic E-state index is 13.7. The summed E-state index contributed by atoms with van der Waals surface area (Å²) in [6.45, 7) is 0. The van der Waals surface area contributed by atoms with Crippen molar-refractivity contribution in [2.75, 3.05) is 7.11 Å². The van der Waals surface area contributed by atoms with Crippen LogP contribution in [0, 0.1) is 0 Å². The quantitative estimate of drug-likeness (QED) is 0.379. The van der Waals surface area contributed by atoms with Gasteiger partial charge in [-0.1, -0.05) is 54.6 Å². The Bertz CT molecular complexity index is 1320. The third-order valence-corrected chi connectivity index (χ3v) is 6.97. The summed E-state index contributed by atoms with van der Waals surface area (Å²) in [6.07, 6.45) is 3.15. The van der Waals surface area contributed by atoms with E-state index in [4.69, 9.17) is 14.9 Å². The first-order valence-corrected chi connectivity index (χ1v) is 11.1. The number of nitrogens with two attached hydrogens (primary N) is 1. The van der Waals surface area contributed by atoms with Gasteiger partial charge in [0.1, 0.15) is 16.0 Å². The normalized spacial score (nSPS) is 14.9. The minimum atomic E-state index is -0.240. The highest BCUT2D eigenvalue weighted by atomic mass is 79.9. The lowest BCUT2D eigenvalue weighted by Gasteiger charge is -2.38. The molecule has 1 aliphatic carbocycles. The monoisotopic (exact) mass is 475 g/mol. The summed E-state index contributed by atoms with van der Waals surface area (Å²) in [6, 6.07) is 21.2. The highest BCUT2D eigenvalue weighted by Gasteiger charge is 2.34. The van der Waals surface area contributed by atoms with E-state index in [1.807, 2.05) is 54.6 Å². The fourth-order valence-electron chi connectivity index (χ4n) is 4.24. The van der Waals surface area contributed by atoms with Crippen LogP contribution in [0.5, 0.6) is 5.75 Å². The number of benzene rings is 3. The highest BCUT2D eigenvalue weighted by molar-refractivity contribution is 9.10. The van der Waals surface area contributed by atoms with Gasteiger partial charge in [-0.05, 0) is 58.5 Å². The number of hydrogen-bond donors (Lipinski definition) is 1. The van der Waals surface area contributed by atoms with Crippen molar-refractivity contribution in [3.63, 3.8) is 0 Å². The van der Waals surface area contributed by atoms with Gasteiger partial charge in [0.2, 0.25) is 5.43 Å². The minimum Gasteiger partial charge on any atom is -0.495 e. The first-order valence-electron chi connectivity index (χ1n) is 10.3. The molecule has 1 aromatic heterocycles. The summed E-state index contributed by atoms with van der Waals surface area (Å²) in [5.74, 6) is 1.14. The summed E-state index contributed by atoms with van der Waals surface area (Å²) < 4.78 is 12.4. The molecule has 0 bridgehead atoms. The van der Waals surface area contributed by atoms with E-state index in [1.54, 1.807) is 19.2 Å². The summed E-state index contributed by atoms with van der Waals surface area (Å²) in [5.41, 5.74) is 9.94. The van der Waals surface area contributed by atoms with Crippen molar-refractivity contribution in [2.24, 2.45) is 5.73 Å². The zero-order chi connectivity index (χ0) is 21.6. The zero-order valence-corrected chi connectivity index (χ0v) is 18.7. The third-order valence-electron chi connectivity index (χ3n) is 6.21. The molecule has 0 radical (unpaired) electrons. The smallest absolute Gasteiger partial charge is 0.201 e. The molecule has 2 N–H and O–H groups in total. The molecule has 0 unspecified atom stereocenters. The molecular weight excluding hydrogens is 454 g/mol. The van der Waals surface area contributed by atoms with Crippen molar-refractivity contribution < 1.29 is 9.15 Å². The molecule has 1 heterocycles. The average molecular weight is 476 g/mol. The highest BCUT2D eigenvalue weighted by Crippen LogP contribution is 2.41. The minimum absolute atomic E-state index is 0.0812. The van der Waals surface area contributed by atoms with Crippen molar-refractivity contribution in [2.45, 2.75) is 24.8 Å². The first kappa shape index (κ1) is 20.0. The molecular formula is C26H22BrNO3. The van der Waals surface area contributed by atoms with E-state index in [9.17, 15) is 4.79 Å². The van der Waals surface area contributed by atoms with Crippen LogP contribution in [0.3, 0.4) is 0 Å². The van der Waals surface area contributed by atoms with E-state index in [0.29, 0.717) is 32.5 Å². The van der Waals surface area contributed by atoms with Crippen LogP contribution in [0.25, 0.3) is 33.4 Å². The predicted octanol–water partition coefficient (Wildman–Crippen LogP) is 6.24. The topological polar surface area (TPSA) is 65.5 Å². The second kappa shape index (κ2) is 7.66. The summed E-state index contributed by atoms with van der Waals surface area (Å²) >= 11 is 3.54. The Morgan fingerprint density at radius 2 is 1.68 bits per heavy atom. The van der Waals surface area contributed by atoms with Crippen LogP contribution >= 0.6 is 15.9 Å². The molecule has 5 rings (SSSR count). The van der Waals surface area contributed by atoms with Crippen molar-refractivity contribution in [3.8, 4) is 28.2 Å². The fraction of sp³-hybridized carbons (Fsp3) is 0.192. The van der Waals surface area contributed by atoms with E-state index in [0.717, 1.165) is 36.0 Å². The van der Waals surface area contributed by atoms with Crippen LogP contribution < -0.4 is 15.9 Å². The number of fused-ring (bicyclic) bond motifs is 1. The number of ether oxygens (including phenoxy) is 1. The van der Waals surface area contributed by atoms with Gasteiger partial charge >= 0.3 is 0 Å². The molecule has 3 aromatic carbocycles.